The molecule has 1 heterocycles. The summed E-state index contributed by atoms with van der Waals surface area (Å²) < 4.78 is 1.08. The van der Waals surface area contributed by atoms with E-state index in [1.807, 2.05) is 30.3 Å². The SMILES string of the molecule is [C-]#[N+]c1c(C)c(N=Nc2cccc3c2C(=O)c2cccc(O)c2C3=O)c(=O)n(CCc2ccccc2)c1O. The largest absolute Gasteiger partial charge is 0.507 e. The minimum absolute atomic E-state index is 0.00517. The number of phenolic OH excluding ortho intramolecular Hbond substituents is 1. The molecule has 9 heteroatoms. The highest BCUT2D eigenvalue weighted by Crippen LogP contribution is 2.38. The number of aromatic hydroxyl groups is 2. The van der Waals surface area contributed by atoms with Crippen molar-refractivity contribution in [2.75, 3.05) is 0 Å². The molecule has 1 aliphatic carbocycles. The molecule has 0 radical (unpaired) electrons. The number of hydrogen-bond donors (Lipinski definition) is 2. The number of carbonyl (C=O) groups excluding carboxylic acids is 2. The van der Waals surface area contributed by atoms with E-state index in [0.717, 1.165) is 10.1 Å². The highest BCUT2D eigenvalue weighted by Gasteiger charge is 2.33. The number of aromatic nitrogens is 1. The molecule has 0 saturated heterocycles. The fraction of sp³-hybridized carbons (Fsp3) is 0.103. The van der Waals surface area contributed by atoms with Crippen LogP contribution in [-0.2, 0) is 13.0 Å². The van der Waals surface area contributed by atoms with Crippen LogP contribution in [0.15, 0.2) is 81.8 Å². The van der Waals surface area contributed by atoms with Crippen molar-refractivity contribution in [1.29, 1.82) is 0 Å². The van der Waals surface area contributed by atoms with Crippen molar-refractivity contribution in [2.45, 2.75) is 19.9 Å². The molecule has 3 aromatic carbocycles. The molecule has 38 heavy (non-hydrogen) atoms. The number of hydrogen-bond acceptors (Lipinski definition) is 7. The average Bonchev–Trinajstić information content (AvgIpc) is 2.92. The molecule has 0 fully saturated rings. The number of benzene rings is 3. The molecule has 0 saturated carbocycles. The van der Waals surface area contributed by atoms with E-state index in [2.05, 4.69) is 15.1 Å². The number of azo groups is 1. The van der Waals surface area contributed by atoms with Gasteiger partial charge in [0.05, 0.1) is 23.4 Å². The average molecular weight is 505 g/mol. The van der Waals surface area contributed by atoms with Crippen LogP contribution in [0.3, 0.4) is 0 Å². The van der Waals surface area contributed by atoms with Gasteiger partial charge in [0.1, 0.15) is 11.4 Å². The quantitative estimate of drug-likeness (QED) is 0.240. The van der Waals surface area contributed by atoms with Crippen LogP contribution in [-0.4, -0.2) is 26.3 Å². The lowest BCUT2D eigenvalue weighted by molar-refractivity contribution is 0.0977. The van der Waals surface area contributed by atoms with Crippen LogP contribution in [0.5, 0.6) is 11.6 Å². The van der Waals surface area contributed by atoms with Gasteiger partial charge in [0.25, 0.3) is 5.56 Å². The number of carbonyl (C=O) groups is 2. The summed E-state index contributed by atoms with van der Waals surface area (Å²) in [6.45, 7) is 9.11. The summed E-state index contributed by atoms with van der Waals surface area (Å²) in [5, 5.41) is 29.1. The Hall–Kier alpha value is -5.36. The van der Waals surface area contributed by atoms with E-state index >= 15 is 0 Å². The zero-order valence-electron chi connectivity index (χ0n) is 20.2. The maximum Gasteiger partial charge on any atom is 0.279 e. The summed E-state index contributed by atoms with van der Waals surface area (Å²) in [5.41, 5.74) is 0.250. The molecule has 0 bridgehead atoms. The van der Waals surface area contributed by atoms with Crippen molar-refractivity contribution in [2.24, 2.45) is 10.2 Å². The molecule has 0 unspecified atom stereocenters. The van der Waals surface area contributed by atoms with Crippen molar-refractivity contribution in [3.8, 4) is 11.6 Å². The minimum atomic E-state index is -0.644. The van der Waals surface area contributed by atoms with E-state index in [1.165, 1.54) is 43.3 Å². The Morgan fingerprint density at radius 1 is 0.842 bits per heavy atom. The minimum Gasteiger partial charge on any atom is -0.507 e. The second-order valence-corrected chi connectivity index (χ2v) is 8.71. The Labute approximate surface area is 216 Å². The van der Waals surface area contributed by atoms with E-state index in [-0.39, 0.29) is 57.2 Å². The number of aryl methyl sites for hydroxylation is 1. The lowest BCUT2D eigenvalue weighted by Crippen LogP contribution is -2.22. The zero-order chi connectivity index (χ0) is 27.0. The second-order valence-electron chi connectivity index (χ2n) is 8.71. The smallest absolute Gasteiger partial charge is 0.279 e. The lowest BCUT2D eigenvalue weighted by atomic mass is 9.83. The topological polar surface area (TPSA) is 126 Å². The summed E-state index contributed by atoms with van der Waals surface area (Å²) in [6, 6.07) is 18.1. The first-order valence-corrected chi connectivity index (χ1v) is 11.7. The van der Waals surface area contributed by atoms with Crippen LogP contribution in [0, 0.1) is 13.5 Å². The second kappa shape index (κ2) is 9.59. The maximum atomic E-state index is 13.3. The molecule has 1 aromatic heterocycles. The number of ketones is 2. The zero-order valence-corrected chi connectivity index (χ0v) is 20.2. The van der Waals surface area contributed by atoms with Crippen molar-refractivity contribution in [1.82, 2.24) is 4.57 Å². The molecule has 186 valence electrons. The molecule has 0 atom stereocenters. The van der Waals surface area contributed by atoms with Gasteiger partial charge in [-0.25, -0.2) is 4.85 Å². The van der Waals surface area contributed by atoms with Gasteiger partial charge >= 0.3 is 0 Å². The van der Waals surface area contributed by atoms with Crippen molar-refractivity contribution in [3.63, 3.8) is 0 Å². The number of fused-ring (bicyclic) bond motifs is 2. The summed E-state index contributed by atoms with van der Waals surface area (Å²) >= 11 is 0. The van der Waals surface area contributed by atoms with Gasteiger partial charge in [0.2, 0.25) is 5.69 Å². The third-order valence-electron chi connectivity index (χ3n) is 6.49. The van der Waals surface area contributed by atoms with E-state index < -0.39 is 23.0 Å². The fourth-order valence-corrected chi connectivity index (χ4v) is 4.53. The predicted molar refractivity (Wildman–Crippen MR) is 139 cm³/mol. The van der Waals surface area contributed by atoms with Crippen LogP contribution in [0.4, 0.5) is 17.1 Å². The molecule has 0 amide bonds. The van der Waals surface area contributed by atoms with Crippen LogP contribution in [0.1, 0.15) is 43.0 Å². The molecular weight excluding hydrogens is 484 g/mol. The molecule has 0 spiro atoms. The van der Waals surface area contributed by atoms with Crippen LogP contribution < -0.4 is 5.56 Å². The predicted octanol–water partition coefficient (Wildman–Crippen LogP) is 5.55. The third kappa shape index (κ3) is 3.94. The van der Waals surface area contributed by atoms with Crippen molar-refractivity contribution >= 4 is 28.6 Å². The Kier molecular flexibility index (Phi) is 6.15. The van der Waals surface area contributed by atoms with Crippen LogP contribution >= 0.6 is 0 Å². The molecule has 0 aliphatic heterocycles. The molecule has 2 N–H and O–H groups in total. The Bertz CT molecular complexity index is 1760. The summed E-state index contributed by atoms with van der Waals surface area (Å²) in [6.07, 6.45) is 0.431. The van der Waals surface area contributed by atoms with Gasteiger partial charge in [-0.05, 0) is 36.6 Å². The third-order valence-corrected chi connectivity index (χ3v) is 6.49. The number of phenols is 1. The van der Waals surface area contributed by atoms with E-state index in [1.54, 1.807) is 0 Å². The van der Waals surface area contributed by atoms with E-state index in [9.17, 15) is 24.6 Å². The number of nitrogens with zero attached hydrogens (tertiary/aromatic N) is 4. The van der Waals surface area contributed by atoms with Gasteiger partial charge in [-0.3, -0.25) is 19.0 Å². The van der Waals surface area contributed by atoms with Crippen LogP contribution in [0.2, 0.25) is 0 Å². The summed E-state index contributed by atoms with van der Waals surface area (Å²) in [4.78, 5) is 43.1. The molecular formula is C29H20N4O5. The Morgan fingerprint density at radius 2 is 1.50 bits per heavy atom. The summed E-state index contributed by atoms with van der Waals surface area (Å²) in [7, 11) is 0. The highest BCUT2D eigenvalue weighted by molar-refractivity contribution is 6.30. The van der Waals surface area contributed by atoms with Gasteiger partial charge in [-0.15, -0.1) is 10.2 Å². The van der Waals surface area contributed by atoms with Crippen molar-refractivity contribution in [3.05, 3.63) is 122 Å². The monoisotopic (exact) mass is 504 g/mol. The molecule has 9 nitrogen and oxygen atoms in total. The maximum absolute atomic E-state index is 13.3. The van der Waals surface area contributed by atoms with E-state index in [0.29, 0.717) is 6.42 Å². The molecule has 4 aromatic rings. The van der Waals surface area contributed by atoms with Gasteiger partial charge < -0.3 is 10.2 Å². The number of pyridine rings is 1. The first-order valence-electron chi connectivity index (χ1n) is 11.7. The molecule has 1 aliphatic rings. The Balaban J connectivity index is 1.59. The fourth-order valence-electron chi connectivity index (χ4n) is 4.53. The van der Waals surface area contributed by atoms with Gasteiger partial charge in [-0.2, -0.15) is 0 Å². The van der Waals surface area contributed by atoms with Crippen LogP contribution in [0.25, 0.3) is 4.85 Å². The van der Waals surface area contributed by atoms with Gasteiger partial charge in [0, 0.05) is 17.7 Å². The van der Waals surface area contributed by atoms with Gasteiger partial charge in [-0.1, -0.05) is 54.6 Å². The Morgan fingerprint density at radius 3 is 2.21 bits per heavy atom. The number of rotatable bonds is 5. The van der Waals surface area contributed by atoms with Crippen molar-refractivity contribution < 1.29 is 19.8 Å². The standard InChI is InChI=1S/C29H20N4O5/c1-16-24(30-2)28(37)33(15-14-17-8-4-3-5-9-17)29(38)25(16)32-31-20-12-6-10-18-22(20)26(35)19-11-7-13-21(34)23(19)27(18)36/h3-13,34,37H,14-15H2,1H3. The lowest BCUT2D eigenvalue weighted by Gasteiger charge is -2.19. The molecule has 5 rings (SSSR count). The first-order chi connectivity index (χ1) is 18.3. The van der Waals surface area contributed by atoms with Gasteiger partial charge in [0.15, 0.2) is 17.4 Å². The normalized spacial score (nSPS) is 12.3. The summed E-state index contributed by atoms with van der Waals surface area (Å²) in [5.74, 6) is -1.78. The first kappa shape index (κ1) is 24.3. The van der Waals surface area contributed by atoms with E-state index in [4.69, 9.17) is 6.57 Å². The highest BCUT2D eigenvalue weighted by atomic mass is 16.3.